The van der Waals surface area contributed by atoms with Crippen molar-refractivity contribution < 1.29 is 19.5 Å². The smallest absolute Gasteiger partial charge is 0.270 e. The van der Waals surface area contributed by atoms with Crippen LogP contribution in [0, 0.1) is 0 Å². The van der Waals surface area contributed by atoms with Crippen LogP contribution in [-0.4, -0.2) is 46.1 Å². The number of fused-ring (bicyclic) bond motifs is 1. The molecule has 3 amide bonds. The van der Waals surface area contributed by atoms with Gasteiger partial charge in [-0.05, 0) is 30.5 Å². The summed E-state index contributed by atoms with van der Waals surface area (Å²) in [6, 6.07) is 18.8. The molecule has 0 saturated heterocycles. The average Bonchev–Trinajstić information content (AvgIpc) is 2.82. The van der Waals surface area contributed by atoms with Crippen LogP contribution in [-0.2, 0) is 16.0 Å². The van der Waals surface area contributed by atoms with E-state index in [1.54, 1.807) is 18.2 Å². The van der Waals surface area contributed by atoms with E-state index in [1.807, 2.05) is 42.5 Å². The van der Waals surface area contributed by atoms with E-state index in [9.17, 15) is 19.5 Å². The number of para-hydroxylation sites is 1. The molecule has 2 unspecified atom stereocenters. The van der Waals surface area contributed by atoms with Crippen molar-refractivity contribution in [1.82, 2.24) is 15.6 Å². The molecule has 9 nitrogen and oxygen atoms in total. The summed E-state index contributed by atoms with van der Waals surface area (Å²) in [7, 11) is 0. The average molecular weight is 450 g/mol. The Morgan fingerprint density at radius 3 is 2.36 bits per heavy atom. The van der Waals surface area contributed by atoms with E-state index in [2.05, 4.69) is 15.6 Å². The number of carbonyl (C=O) groups is 3. The van der Waals surface area contributed by atoms with Crippen LogP contribution < -0.4 is 22.1 Å². The number of nitrogens with zero attached hydrogens (tertiary/aromatic N) is 1. The minimum atomic E-state index is -1.27. The van der Waals surface area contributed by atoms with Crippen LogP contribution in [0.2, 0.25) is 0 Å². The number of aryl methyl sites for hydroxylation is 1. The van der Waals surface area contributed by atoms with Crippen molar-refractivity contribution >= 4 is 28.6 Å². The lowest BCUT2D eigenvalue weighted by Crippen LogP contribution is -2.56. The molecule has 172 valence electrons. The fourth-order valence-corrected chi connectivity index (χ4v) is 3.33. The summed E-state index contributed by atoms with van der Waals surface area (Å²) in [6.07, 6.45) is -1.66. The molecule has 0 aliphatic carbocycles. The van der Waals surface area contributed by atoms with Gasteiger partial charge in [0.15, 0.2) is 0 Å². The van der Waals surface area contributed by atoms with Crippen LogP contribution >= 0.6 is 0 Å². The van der Waals surface area contributed by atoms with Gasteiger partial charge in [-0.25, -0.2) is 4.98 Å². The van der Waals surface area contributed by atoms with Crippen LogP contribution in [0.15, 0.2) is 66.7 Å². The lowest BCUT2D eigenvalue weighted by atomic mass is 10.1. The molecule has 2 aromatic carbocycles. The van der Waals surface area contributed by atoms with Gasteiger partial charge in [-0.3, -0.25) is 14.4 Å². The Kier molecular flexibility index (Phi) is 8.06. The molecule has 0 aliphatic rings. The first kappa shape index (κ1) is 23.8. The predicted octanol–water partition coefficient (Wildman–Crippen LogP) is 0.603. The van der Waals surface area contributed by atoms with Gasteiger partial charge in [0.05, 0.1) is 18.0 Å². The number of hydrogen-bond donors (Lipinski definition) is 5. The molecule has 0 saturated carbocycles. The van der Waals surface area contributed by atoms with Gasteiger partial charge in [0.2, 0.25) is 11.8 Å². The van der Waals surface area contributed by atoms with Gasteiger partial charge in [-0.1, -0.05) is 54.6 Å². The zero-order chi connectivity index (χ0) is 23.8. The quantitative estimate of drug-likeness (QED) is 0.285. The molecule has 0 spiro atoms. The number of aliphatic hydroxyl groups excluding tert-OH is 1. The van der Waals surface area contributed by atoms with E-state index >= 15 is 0 Å². The molecule has 1 heterocycles. The number of nitrogens with one attached hydrogen (secondary N) is 2. The van der Waals surface area contributed by atoms with Crippen molar-refractivity contribution in [2.45, 2.75) is 37.6 Å². The maximum atomic E-state index is 12.7. The maximum Gasteiger partial charge on any atom is 0.270 e. The molecular formula is C24H27N5O4. The van der Waals surface area contributed by atoms with E-state index in [1.165, 1.54) is 6.07 Å². The standard InChI is InChI=1S/C24H27N5O4/c25-21(31)14-19(28-23(32)18-12-11-16-8-4-5-9-17(16)27-18)24(33)29-22(26)20(30)13-10-15-6-2-1-3-7-15/h1-9,11-12,19-20,22,30H,10,13-14,26H2,(H2,25,31)(H,28,32)(H,29,33)/t19-,20?,22?/m1/s1. The van der Waals surface area contributed by atoms with E-state index in [4.69, 9.17) is 11.5 Å². The molecule has 9 heteroatoms. The molecule has 0 fully saturated rings. The predicted molar refractivity (Wildman–Crippen MR) is 124 cm³/mol. The Balaban J connectivity index is 1.62. The normalized spacial score (nSPS) is 13.6. The molecule has 3 rings (SSSR count). The Morgan fingerprint density at radius 2 is 1.64 bits per heavy atom. The molecule has 1 aromatic heterocycles. The Bertz CT molecular complexity index is 1120. The van der Waals surface area contributed by atoms with Gasteiger partial charge in [0, 0.05) is 5.39 Å². The second-order valence-electron chi connectivity index (χ2n) is 7.71. The molecule has 0 aliphatic heterocycles. The SMILES string of the molecule is NC(=O)C[C@@H](NC(=O)c1ccc2ccccc2n1)C(=O)NC(N)C(O)CCc1ccccc1. The highest BCUT2D eigenvalue weighted by molar-refractivity contribution is 5.99. The number of carbonyl (C=O) groups excluding carboxylic acids is 3. The minimum absolute atomic E-state index is 0.0863. The van der Waals surface area contributed by atoms with E-state index in [-0.39, 0.29) is 5.69 Å². The molecule has 0 bridgehead atoms. The lowest BCUT2D eigenvalue weighted by Gasteiger charge is -2.23. The van der Waals surface area contributed by atoms with Crippen molar-refractivity contribution in [3.05, 3.63) is 78.0 Å². The molecule has 3 atom stereocenters. The summed E-state index contributed by atoms with van der Waals surface area (Å²) in [5.41, 5.74) is 12.9. The van der Waals surface area contributed by atoms with E-state index < -0.39 is 42.5 Å². The number of rotatable bonds is 10. The zero-order valence-corrected chi connectivity index (χ0v) is 18.0. The first-order chi connectivity index (χ1) is 15.8. The van der Waals surface area contributed by atoms with Crippen molar-refractivity contribution in [2.75, 3.05) is 0 Å². The summed E-state index contributed by atoms with van der Waals surface area (Å²) < 4.78 is 0. The highest BCUT2D eigenvalue weighted by Crippen LogP contribution is 2.12. The van der Waals surface area contributed by atoms with Crippen molar-refractivity contribution in [2.24, 2.45) is 11.5 Å². The highest BCUT2D eigenvalue weighted by atomic mass is 16.3. The number of primary amides is 1. The molecular weight excluding hydrogens is 422 g/mol. The summed E-state index contributed by atoms with van der Waals surface area (Å²) in [5, 5.41) is 16.1. The molecule has 7 N–H and O–H groups in total. The number of hydrogen-bond acceptors (Lipinski definition) is 6. The Morgan fingerprint density at radius 1 is 0.939 bits per heavy atom. The first-order valence-corrected chi connectivity index (χ1v) is 10.6. The topological polar surface area (TPSA) is 160 Å². The van der Waals surface area contributed by atoms with Gasteiger partial charge < -0.3 is 27.2 Å². The number of pyridine rings is 1. The summed E-state index contributed by atoms with van der Waals surface area (Å²) in [4.78, 5) is 41.1. The van der Waals surface area contributed by atoms with Crippen LogP contribution in [0.5, 0.6) is 0 Å². The van der Waals surface area contributed by atoms with E-state index in [0.717, 1.165) is 10.9 Å². The highest BCUT2D eigenvalue weighted by Gasteiger charge is 2.27. The molecule has 33 heavy (non-hydrogen) atoms. The minimum Gasteiger partial charge on any atom is -0.390 e. The van der Waals surface area contributed by atoms with Crippen LogP contribution in [0.4, 0.5) is 0 Å². The third-order valence-electron chi connectivity index (χ3n) is 5.15. The number of aromatic nitrogens is 1. The van der Waals surface area contributed by atoms with Gasteiger partial charge in [0.1, 0.15) is 17.9 Å². The van der Waals surface area contributed by atoms with E-state index in [0.29, 0.717) is 18.4 Å². The number of nitrogens with two attached hydrogens (primary N) is 2. The second kappa shape index (κ2) is 11.2. The van der Waals surface area contributed by atoms with Crippen LogP contribution in [0.25, 0.3) is 10.9 Å². The van der Waals surface area contributed by atoms with Crippen LogP contribution in [0.1, 0.15) is 28.9 Å². The van der Waals surface area contributed by atoms with Crippen molar-refractivity contribution in [3.63, 3.8) is 0 Å². The van der Waals surface area contributed by atoms with Gasteiger partial charge in [0.25, 0.3) is 5.91 Å². The third kappa shape index (κ3) is 6.83. The summed E-state index contributed by atoms with van der Waals surface area (Å²) >= 11 is 0. The summed E-state index contributed by atoms with van der Waals surface area (Å²) in [5.74, 6) is -2.14. The maximum absolute atomic E-state index is 12.7. The summed E-state index contributed by atoms with van der Waals surface area (Å²) in [6.45, 7) is 0. The van der Waals surface area contributed by atoms with Gasteiger partial charge >= 0.3 is 0 Å². The molecule has 0 radical (unpaired) electrons. The number of benzene rings is 2. The largest absolute Gasteiger partial charge is 0.390 e. The van der Waals surface area contributed by atoms with Crippen molar-refractivity contribution in [3.8, 4) is 0 Å². The number of amides is 3. The Labute approximate surface area is 191 Å². The lowest BCUT2D eigenvalue weighted by molar-refractivity contribution is -0.128. The zero-order valence-electron chi connectivity index (χ0n) is 18.0. The molecule has 3 aromatic rings. The Hall–Kier alpha value is -3.82. The third-order valence-corrected chi connectivity index (χ3v) is 5.15. The fraction of sp³-hybridized carbons (Fsp3) is 0.250. The van der Waals surface area contributed by atoms with Gasteiger partial charge in [-0.15, -0.1) is 0 Å². The van der Waals surface area contributed by atoms with Crippen molar-refractivity contribution in [1.29, 1.82) is 0 Å². The number of aliphatic hydroxyl groups is 1. The second-order valence-corrected chi connectivity index (χ2v) is 7.71. The first-order valence-electron chi connectivity index (χ1n) is 10.6. The van der Waals surface area contributed by atoms with Gasteiger partial charge in [-0.2, -0.15) is 0 Å². The fourth-order valence-electron chi connectivity index (χ4n) is 3.33. The monoisotopic (exact) mass is 449 g/mol. The van der Waals surface area contributed by atoms with Crippen LogP contribution in [0.3, 0.4) is 0 Å².